The van der Waals surface area contributed by atoms with E-state index in [1.807, 2.05) is 49.5 Å². The summed E-state index contributed by atoms with van der Waals surface area (Å²) in [7, 11) is 0. The maximum absolute atomic E-state index is 13.9. The second kappa shape index (κ2) is 15.4. The van der Waals surface area contributed by atoms with Gasteiger partial charge in [0.15, 0.2) is 0 Å². The number of rotatable bonds is 6. The highest BCUT2D eigenvalue weighted by Gasteiger charge is 2.32. The van der Waals surface area contributed by atoms with E-state index < -0.39 is 47.0 Å². The molecule has 0 aliphatic carbocycles. The van der Waals surface area contributed by atoms with Crippen LogP contribution in [-0.4, -0.2) is 64.9 Å². The van der Waals surface area contributed by atoms with Crippen molar-refractivity contribution in [2.24, 2.45) is 22.6 Å². The maximum atomic E-state index is 13.9. The average Bonchev–Trinajstić information content (AvgIpc) is 3.22. The lowest BCUT2D eigenvalue weighted by Gasteiger charge is -2.30. The number of aliphatic imine (C=N–C) groups is 1. The molecule has 4 rings (SSSR count). The summed E-state index contributed by atoms with van der Waals surface area (Å²) in [4.78, 5) is 55.7. The predicted octanol–water partition coefficient (Wildman–Crippen LogP) is 2.41. The maximum Gasteiger partial charge on any atom is 0.270 e. The van der Waals surface area contributed by atoms with Crippen LogP contribution in [0.2, 0.25) is 0 Å². The molecule has 2 aliphatic rings. The third-order valence-electron chi connectivity index (χ3n) is 7.99. The van der Waals surface area contributed by atoms with Gasteiger partial charge in [-0.2, -0.15) is 0 Å². The van der Waals surface area contributed by atoms with Gasteiger partial charge in [0.2, 0.25) is 11.8 Å². The van der Waals surface area contributed by atoms with E-state index in [4.69, 9.17) is 5.73 Å². The molecule has 0 spiro atoms. The fourth-order valence-electron chi connectivity index (χ4n) is 5.39. The van der Waals surface area contributed by atoms with Crippen LogP contribution in [-0.2, 0) is 16.0 Å². The van der Waals surface area contributed by atoms with Gasteiger partial charge in [-0.1, -0.05) is 50.3 Å². The minimum Gasteiger partial charge on any atom is -0.384 e. The van der Waals surface area contributed by atoms with Gasteiger partial charge in [0.05, 0.1) is 22.6 Å². The molecule has 2 aliphatic heterocycles. The number of fused-ring (bicyclic) bond motifs is 1. The van der Waals surface area contributed by atoms with Gasteiger partial charge in [0.25, 0.3) is 11.6 Å². The average molecular weight is 620 g/mol. The largest absolute Gasteiger partial charge is 0.384 e. The quantitative estimate of drug-likeness (QED) is 0.209. The summed E-state index contributed by atoms with van der Waals surface area (Å²) < 4.78 is 0. The summed E-state index contributed by atoms with van der Waals surface area (Å²) in [5, 5.41) is 34.7. The number of aliphatic hydroxyl groups is 1. The van der Waals surface area contributed by atoms with Crippen molar-refractivity contribution in [1.29, 1.82) is 0 Å². The molecule has 13 nitrogen and oxygen atoms in total. The minimum absolute atomic E-state index is 0.00892. The lowest BCUT2D eigenvalue weighted by molar-refractivity contribution is -0.384. The molecule has 6 atom stereocenters. The number of amides is 3. The highest BCUT2D eigenvalue weighted by molar-refractivity contribution is 6.02. The number of nitro groups is 1. The Bertz CT molecular complexity index is 1450. The topological polar surface area (TPSA) is 201 Å². The van der Waals surface area contributed by atoms with E-state index in [0.717, 1.165) is 24.5 Å². The summed E-state index contributed by atoms with van der Waals surface area (Å²) in [5.41, 5.74) is 7.18. The van der Waals surface area contributed by atoms with Crippen LogP contribution < -0.4 is 27.0 Å². The Morgan fingerprint density at radius 2 is 1.87 bits per heavy atom. The molecule has 0 aromatic heterocycles. The van der Waals surface area contributed by atoms with Crippen molar-refractivity contribution in [3.05, 3.63) is 81.5 Å². The molecule has 0 saturated heterocycles. The number of nitrogens with zero attached hydrogens (tertiary/aromatic N) is 2. The number of primary amides is 1. The molecule has 45 heavy (non-hydrogen) atoms. The standard InChI is InChI=1S/C32H41N7O6/c1-19-7-6-10-22(34-17-19)15-28-32(43)36-26(29(33)40)13-20(2)18-35-25-12-11-23(39(44)45)16-24(25)30(41)37-27(31(42)38-28)14-21-8-4-3-5-9-21/h3-5,8-12,16-17,19-20,26-28,32,35-36,43H,6-7,13-15,18H2,1-2H3,(H2,33,40)(H,37,41)(H,38,42)/t19?,20?,26-,27?,28?,32?/m0/s1. The van der Waals surface area contributed by atoms with Crippen LogP contribution in [0.25, 0.3) is 0 Å². The Balaban J connectivity index is 1.74. The van der Waals surface area contributed by atoms with Gasteiger partial charge in [-0.15, -0.1) is 0 Å². The van der Waals surface area contributed by atoms with Gasteiger partial charge in [0.1, 0.15) is 12.3 Å². The first-order valence-corrected chi connectivity index (χ1v) is 15.1. The van der Waals surface area contributed by atoms with Crippen molar-refractivity contribution in [1.82, 2.24) is 16.0 Å². The summed E-state index contributed by atoms with van der Waals surface area (Å²) in [6.45, 7) is 4.20. The van der Waals surface area contributed by atoms with Crippen LogP contribution in [0.5, 0.6) is 0 Å². The van der Waals surface area contributed by atoms with Gasteiger partial charge >= 0.3 is 0 Å². The first-order chi connectivity index (χ1) is 21.5. The van der Waals surface area contributed by atoms with Gasteiger partial charge in [-0.25, -0.2) is 0 Å². The van der Waals surface area contributed by atoms with Crippen molar-refractivity contribution in [2.75, 3.05) is 11.9 Å². The van der Waals surface area contributed by atoms with Crippen molar-refractivity contribution in [3.8, 4) is 0 Å². The molecular formula is C32H41N7O6. The van der Waals surface area contributed by atoms with Crippen LogP contribution in [0.3, 0.4) is 0 Å². The molecule has 5 unspecified atom stereocenters. The molecule has 2 heterocycles. The van der Waals surface area contributed by atoms with Crippen LogP contribution in [0.4, 0.5) is 11.4 Å². The lowest BCUT2D eigenvalue weighted by atomic mass is 9.99. The molecular weight excluding hydrogens is 578 g/mol. The normalized spacial score (nSPS) is 26.4. The number of aliphatic hydroxyl groups excluding tert-OH is 1. The zero-order valence-corrected chi connectivity index (χ0v) is 25.4. The summed E-state index contributed by atoms with van der Waals surface area (Å²) in [5.74, 6) is -1.88. The fourth-order valence-corrected chi connectivity index (χ4v) is 5.39. The molecule has 3 amide bonds. The van der Waals surface area contributed by atoms with E-state index in [9.17, 15) is 29.6 Å². The summed E-state index contributed by atoms with van der Waals surface area (Å²) in [6.07, 6.45) is 4.56. The summed E-state index contributed by atoms with van der Waals surface area (Å²) >= 11 is 0. The van der Waals surface area contributed by atoms with Crippen molar-refractivity contribution in [3.63, 3.8) is 0 Å². The lowest BCUT2D eigenvalue weighted by Crippen LogP contribution is -2.59. The second-order valence-corrected chi connectivity index (χ2v) is 11.8. The van der Waals surface area contributed by atoms with E-state index in [1.54, 1.807) is 0 Å². The number of benzene rings is 2. The predicted molar refractivity (Wildman–Crippen MR) is 170 cm³/mol. The minimum atomic E-state index is -1.39. The monoisotopic (exact) mass is 619 g/mol. The van der Waals surface area contributed by atoms with Crippen LogP contribution in [0.1, 0.15) is 55.5 Å². The van der Waals surface area contributed by atoms with Crippen molar-refractivity contribution < 1.29 is 24.4 Å². The number of hydrogen-bond donors (Lipinski definition) is 6. The Labute approximate surface area is 261 Å². The number of carbonyl (C=O) groups excluding carboxylic acids is 3. The smallest absolute Gasteiger partial charge is 0.270 e. The van der Waals surface area contributed by atoms with Crippen LogP contribution in [0, 0.1) is 22.0 Å². The van der Waals surface area contributed by atoms with Gasteiger partial charge in [0, 0.05) is 49.1 Å². The summed E-state index contributed by atoms with van der Waals surface area (Å²) in [6, 6.07) is 9.95. The van der Waals surface area contributed by atoms with Crippen LogP contribution >= 0.6 is 0 Å². The van der Waals surface area contributed by atoms with Crippen molar-refractivity contribution >= 4 is 35.3 Å². The zero-order chi connectivity index (χ0) is 32.5. The number of anilines is 1. The van der Waals surface area contributed by atoms with Crippen LogP contribution in [0.15, 0.2) is 65.3 Å². The molecule has 7 N–H and O–H groups in total. The van der Waals surface area contributed by atoms with Gasteiger partial charge in [-0.3, -0.25) is 34.8 Å². The fraction of sp³-hybridized carbons (Fsp3) is 0.438. The molecule has 13 heteroatoms. The highest BCUT2D eigenvalue weighted by Crippen LogP contribution is 2.24. The first-order valence-electron chi connectivity index (χ1n) is 15.1. The van der Waals surface area contributed by atoms with E-state index in [2.05, 4.69) is 33.2 Å². The van der Waals surface area contributed by atoms with E-state index in [1.165, 1.54) is 12.1 Å². The Kier molecular flexibility index (Phi) is 11.4. The highest BCUT2D eigenvalue weighted by atomic mass is 16.6. The van der Waals surface area contributed by atoms with Crippen molar-refractivity contribution in [2.45, 2.75) is 70.3 Å². The number of nitrogens with two attached hydrogens (primary N) is 1. The Morgan fingerprint density at radius 1 is 1.11 bits per heavy atom. The number of non-ortho nitro benzene ring substituents is 1. The Hall–Kier alpha value is -4.62. The number of carbonyl (C=O) groups is 3. The molecule has 0 bridgehead atoms. The third kappa shape index (κ3) is 9.43. The van der Waals surface area contributed by atoms with E-state index in [-0.39, 0.29) is 48.9 Å². The van der Waals surface area contributed by atoms with E-state index >= 15 is 0 Å². The molecule has 0 radical (unpaired) electrons. The van der Waals surface area contributed by atoms with E-state index in [0.29, 0.717) is 11.4 Å². The molecule has 0 saturated carbocycles. The number of nitro benzene ring substituents is 1. The SMILES string of the molecule is CC1C=NC(CC2NC(=O)C(Cc3ccccc3)NC(=O)c3cc([N+](=O)[O-])ccc3NCC(C)C[C@@H](C(N)=O)NC2O)=CCC1. The van der Waals surface area contributed by atoms with Gasteiger partial charge < -0.3 is 26.8 Å². The Morgan fingerprint density at radius 3 is 2.58 bits per heavy atom. The second-order valence-electron chi connectivity index (χ2n) is 11.8. The molecule has 2 aromatic rings. The molecule has 0 fully saturated rings. The third-order valence-corrected chi connectivity index (χ3v) is 7.99. The van der Waals surface area contributed by atoms with Gasteiger partial charge in [-0.05, 0) is 42.7 Å². The molecule has 240 valence electrons. The number of nitrogens with one attached hydrogen (secondary N) is 4. The number of allylic oxidation sites excluding steroid dienone is 1. The molecule has 2 aromatic carbocycles. The zero-order valence-electron chi connectivity index (χ0n) is 25.4. The first kappa shape index (κ1) is 33.3. The number of hydrogen-bond acceptors (Lipinski definition) is 9.